The van der Waals surface area contributed by atoms with Gasteiger partial charge in [-0.25, -0.2) is 4.79 Å². The molecule has 4 rings (SSSR count). The Morgan fingerprint density at radius 1 is 1.05 bits per heavy atom. The van der Waals surface area contributed by atoms with Crippen LogP contribution in [0.1, 0.15) is 108 Å². The number of allylic oxidation sites excluding steroid dienone is 3. The number of carboxylic acids is 1. The number of benzene rings is 2. The van der Waals surface area contributed by atoms with Crippen molar-refractivity contribution in [2.45, 2.75) is 103 Å². The van der Waals surface area contributed by atoms with Gasteiger partial charge < -0.3 is 9.84 Å². The molecule has 0 amide bonds. The summed E-state index contributed by atoms with van der Waals surface area (Å²) in [6.07, 6.45) is 10.4. The van der Waals surface area contributed by atoms with E-state index in [-0.39, 0.29) is 10.8 Å². The van der Waals surface area contributed by atoms with Gasteiger partial charge >= 0.3 is 5.97 Å². The lowest BCUT2D eigenvalue weighted by molar-refractivity contribution is -0.132. The molecule has 0 spiro atoms. The van der Waals surface area contributed by atoms with E-state index in [1.165, 1.54) is 41.5 Å². The van der Waals surface area contributed by atoms with Crippen LogP contribution in [0, 0.1) is 5.92 Å². The summed E-state index contributed by atoms with van der Waals surface area (Å²) in [6, 6.07) is 15.3. The molecule has 3 nitrogen and oxygen atoms in total. The van der Waals surface area contributed by atoms with Crippen LogP contribution in [0.15, 0.2) is 65.8 Å². The Morgan fingerprint density at radius 3 is 2.32 bits per heavy atom. The Balaban J connectivity index is 1.54. The van der Waals surface area contributed by atoms with Crippen molar-refractivity contribution >= 4 is 5.97 Å². The molecule has 0 saturated heterocycles. The van der Waals surface area contributed by atoms with Crippen LogP contribution < -0.4 is 4.74 Å². The Kier molecular flexibility index (Phi) is 8.02. The number of ether oxygens (including phenoxy) is 1. The average Bonchev–Trinajstić information content (AvgIpc) is 3.63. The van der Waals surface area contributed by atoms with Crippen molar-refractivity contribution in [1.82, 2.24) is 0 Å². The molecule has 2 unspecified atom stereocenters. The zero-order valence-corrected chi connectivity index (χ0v) is 23.6. The third-order valence-corrected chi connectivity index (χ3v) is 8.70. The highest BCUT2D eigenvalue weighted by Crippen LogP contribution is 2.56. The molecule has 198 valence electrons. The van der Waals surface area contributed by atoms with Crippen LogP contribution in [-0.2, 0) is 22.2 Å². The summed E-state index contributed by atoms with van der Waals surface area (Å²) in [6.45, 7) is 13.9. The van der Waals surface area contributed by atoms with Gasteiger partial charge in [0.1, 0.15) is 12.4 Å². The largest absolute Gasteiger partial charge is 0.489 e. The van der Waals surface area contributed by atoms with Crippen LogP contribution in [0.5, 0.6) is 5.75 Å². The fourth-order valence-corrected chi connectivity index (χ4v) is 5.98. The molecule has 0 aromatic heterocycles. The number of rotatable bonds is 10. The maximum atomic E-state index is 11.4. The fraction of sp³-hybridized carbons (Fsp3) is 0.500. The first-order valence-electron chi connectivity index (χ1n) is 14.0. The Bertz CT molecular complexity index is 1180. The molecule has 0 heterocycles. The molecule has 2 aromatic rings. The lowest BCUT2D eigenvalue weighted by atomic mass is 9.62. The molecule has 2 aromatic carbocycles. The molecule has 2 aliphatic rings. The predicted octanol–water partition coefficient (Wildman–Crippen LogP) is 8.87. The van der Waals surface area contributed by atoms with Gasteiger partial charge in [-0.05, 0) is 102 Å². The topological polar surface area (TPSA) is 46.5 Å². The van der Waals surface area contributed by atoms with E-state index in [9.17, 15) is 9.90 Å². The molecular weight excluding hydrogens is 456 g/mol. The third-order valence-electron chi connectivity index (χ3n) is 8.70. The van der Waals surface area contributed by atoms with Crippen LogP contribution in [0.4, 0.5) is 0 Å². The maximum Gasteiger partial charge on any atom is 0.331 e. The quantitative estimate of drug-likeness (QED) is 0.262. The first kappa shape index (κ1) is 27.2. The van der Waals surface area contributed by atoms with Crippen LogP contribution in [-0.4, -0.2) is 11.1 Å². The highest BCUT2D eigenvalue weighted by molar-refractivity contribution is 5.87. The van der Waals surface area contributed by atoms with Crippen molar-refractivity contribution < 1.29 is 14.6 Å². The minimum atomic E-state index is -0.812. The molecule has 3 heteroatoms. The van der Waals surface area contributed by atoms with Crippen molar-refractivity contribution in [3.63, 3.8) is 0 Å². The van der Waals surface area contributed by atoms with Gasteiger partial charge in [-0.1, -0.05) is 83.2 Å². The smallest absolute Gasteiger partial charge is 0.331 e. The van der Waals surface area contributed by atoms with Crippen molar-refractivity contribution in [2.75, 3.05) is 0 Å². The van der Waals surface area contributed by atoms with Gasteiger partial charge in [0.25, 0.3) is 0 Å². The number of aliphatic carboxylic acids is 1. The summed E-state index contributed by atoms with van der Waals surface area (Å²) in [4.78, 5) is 11.4. The Labute approximate surface area is 223 Å². The second-order valence-corrected chi connectivity index (χ2v) is 12.4. The highest BCUT2D eigenvalue weighted by Gasteiger charge is 2.43. The van der Waals surface area contributed by atoms with Gasteiger partial charge in [-0.15, -0.1) is 0 Å². The van der Waals surface area contributed by atoms with Gasteiger partial charge in [-0.2, -0.15) is 0 Å². The van der Waals surface area contributed by atoms with Gasteiger partial charge in [0.05, 0.1) is 0 Å². The molecule has 1 saturated carbocycles. The normalized spacial score (nSPS) is 22.3. The lowest BCUT2D eigenvalue weighted by Crippen LogP contribution is -2.34. The molecular formula is C34H44O3. The summed E-state index contributed by atoms with van der Waals surface area (Å²) in [7, 11) is 0. The molecule has 2 aliphatic carbocycles. The van der Waals surface area contributed by atoms with Crippen LogP contribution in [0.25, 0.3) is 0 Å². The average molecular weight is 501 g/mol. The van der Waals surface area contributed by atoms with Gasteiger partial charge in [-0.3, -0.25) is 0 Å². The number of hydrogen-bond donors (Lipinski definition) is 1. The van der Waals surface area contributed by atoms with Crippen molar-refractivity contribution in [3.8, 4) is 5.75 Å². The number of carboxylic acid groups (broad SMARTS) is 1. The van der Waals surface area contributed by atoms with Crippen LogP contribution in [0.3, 0.4) is 0 Å². The second kappa shape index (κ2) is 10.9. The zero-order valence-electron chi connectivity index (χ0n) is 23.6. The fourth-order valence-electron chi connectivity index (χ4n) is 5.98. The summed E-state index contributed by atoms with van der Waals surface area (Å²) in [5.74, 6) is 1.43. The Hall–Kier alpha value is -2.81. The van der Waals surface area contributed by atoms with E-state index in [4.69, 9.17) is 4.74 Å². The first-order valence-corrected chi connectivity index (χ1v) is 14.0. The highest BCUT2D eigenvalue weighted by atomic mass is 16.5. The third kappa shape index (κ3) is 6.20. The maximum absolute atomic E-state index is 11.4. The van der Waals surface area contributed by atoms with E-state index in [0.29, 0.717) is 30.4 Å². The molecule has 0 radical (unpaired) electrons. The number of carbonyl (C=O) groups is 1. The van der Waals surface area contributed by atoms with Gasteiger partial charge in [0, 0.05) is 5.57 Å². The Morgan fingerprint density at radius 2 is 1.70 bits per heavy atom. The molecule has 2 atom stereocenters. The predicted molar refractivity (Wildman–Crippen MR) is 152 cm³/mol. The zero-order chi connectivity index (χ0) is 26.8. The number of hydrogen-bond acceptors (Lipinski definition) is 2. The van der Waals surface area contributed by atoms with Crippen molar-refractivity contribution in [3.05, 3.63) is 88.0 Å². The second-order valence-electron chi connectivity index (χ2n) is 12.4. The SMILES string of the molecule is CCC(C(=O)O)=C(C)C=CCCC1CC1c1cc2c(cc1OCc1ccccc1)C(C)(C)CCC2(C)C. The van der Waals surface area contributed by atoms with E-state index in [0.717, 1.165) is 24.2 Å². The minimum Gasteiger partial charge on any atom is -0.489 e. The summed E-state index contributed by atoms with van der Waals surface area (Å²) < 4.78 is 6.54. The van der Waals surface area contributed by atoms with Crippen LogP contribution >= 0.6 is 0 Å². The molecule has 0 aliphatic heterocycles. The molecule has 1 fully saturated rings. The van der Waals surface area contributed by atoms with E-state index in [2.05, 4.69) is 70.2 Å². The van der Waals surface area contributed by atoms with E-state index in [1.54, 1.807) is 0 Å². The van der Waals surface area contributed by atoms with Crippen molar-refractivity contribution in [1.29, 1.82) is 0 Å². The molecule has 1 N–H and O–H groups in total. The van der Waals surface area contributed by atoms with E-state index < -0.39 is 5.97 Å². The molecule has 0 bridgehead atoms. The minimum absolute atomic E-state index is 0.153. The van der Waals surface area contributed by atoms with Gasteiger partial charge in [0.2, 0.25) is 0 Å². The van der Waals surface area contributed by atoms with E-state index >= 15 is 0 Å². The monoisotopic (exact) mass is 500 g/mol. The summed E-state index contributed by atoms with van der Waals surface area (Å²) in [5.41, 5.74) is 7.21. The van der Waals surface area contributed by atoms with Gasteiger partial charge in [0.15, 0.2) is 0 Å². The molecule has 37 heavy (non-hydrogen) atoms. The van der Waals surface area contributed by atoms with Crippen LogP contribution in [0.2, 0.25) is 0 Å². The van der Waals surface area contributed by atoms with E-state index in [1.807, 2.05) is 26.0 Å². The first-order chi connectivity index (χ1) is 17.5. The summed E-state index contributed by atoms with van der Waals surface area (Å²) in [5, 5.41) is 9.35. The van der Waals surface area contributed by atoms with Crippen molar-refractivity contribution in [2.24, 2.45) is 5.92 Å². The lowest BCUT2D eigenvalue weighted by Gasteiger charge is -2.42. The summed E-state index contributed by atoms with van der Waals surface area (Å²) >= 11 is 0. The standard InChI is InChI=1S/C34H44O3/c1-7-26(32(35)36)23(2)13-11-12-16-25-19-27(25)28-20-29-30(34(5,6)18-17-33(29,3)4)21-31(28)37-22-24-14-9-8-10-15-24/h8-11,13-15,20-21,25,27H,7,12,16-19,22H2,1-6H3,(H,35,36). The number of fused-ring (bicyclic) bond motifs is 1.